The number of amides is 1. The number of para-hydroxylation sites is 2. The third-order valence-corrected chi connectivity index (χ3v) is 2.81. The van der Waals surface area contributed by atoms with Crippen molar-refractivity contribution in [1.82, 2.24) is 5.32 Å². The van der Waals surface area contributed by atoms with Crippen LogP contribution in [0.15, 0.2) is 36.4 Å². The first-order chi connectivity index (χ1) is 8.72. The van der Waals surface area contributed by atoms with E-state index in [0.29, 0.717) is 6.54 Å². The number of carbonyl (C=O) groups excluding carboxylic acids is 1. The maximum Gasteiger partial charge on any atom is 0.265 e. The van der Waals surface area contributed by atoms with E-state index in [-0.39, 0.29) is 12.5 Å². The Labute approximate surface area is 107 Å². The van der Waals surface area contributed by atoms with Crippen molar-refractivity contribution in [2.75, 3.05) is 31.1 Å². The van der Waals surface area contributed by atoms with E-state index in [4.69, 9.17) is 4.74 Å². The summed E-state index contributed by atoms with van der Waals surface area (Å²) in [6.07, 6.45) is 0. The molecule has 0 radical (unpaired) electrons. The van der Waals surface area contributed by atoms with Crippen LogP contribution in [0.2, 0.25) is 0 Å². The van der Waals surface area contributed by atoms with Gasteiger partial charge in [0, 0.05) is 13.1 Å². The van der Waals surface area contributed by atoms with Gasteiger partial charge >= 0.3 is 0 Å². The molecule has 0 saturated heterocycles. The van der Waals surface area contributed by atoms with Gasteiger partial charge in [-0.2, -0.15) is 0 Å². The molecular formula is C14H18N2O2. The number of nitrogens with one attached hydrogen (secondary N) is 1. The molecule has 0 unspecified atom stereocenters. The van der Waals surface area contributed by atoms with Crippen LogP contribution in [0.3, 0.4) is 0 Å². The quantitative estimate of drug-likeness (QED) is 0.802. The van der Waals surface area contributed by atoms with Crippen LogP contribution in [0.5, 0.6) is 5.75 Å². The second kappa shape index (κ2) is 5.69. The molecule has 18 heavy (non-hydrogen) atoms. The Morgan fingerprint density at radius 1 is 1.50 bits per heavy atom. The molecule has 0 fully saturated rings. The van der Waals surface area contributed by atoms with Crippen molar-refractivity contribution >= 4 is 11.6 Å². The molecule has 4 nitrogen and oxygen atoms in total. The molecule has 96 valence electrons. The van der Waals surface area contributed by atoms with Gasteiger partial charge in [0.2, 0.25) is 0 Å². The molecule has 1 aromatic carbocycles. The summed E-state index contributed by atoms with van der Waals surface area (Å²) in [6.45, 7) is 8.30. The molecule has 4 heteroatoms. The highest BCUT2D eigenvalue weighted by Gasteiger charge is 2.25. The average Bonchev–Trinajstić information content (AvgIpc) is 2.40. The molecule has 1 N–H and O–H groups in total. The molecule has 1 aliphatic rings. The van der Waals surface area contributed by atoms with Crippen LogP contribution >= 0.6 is 0 Å². The van der Waals surface area contributed by atoms with Crippen molar-refractivity contribution in [3.05, 3.63) is 36.4 Å². The van der Waals surface area contributed by atoms with Crippen molar-refractivity contribution in [2.45, 2.75) is 6.92 Å². The van der Waals surface area contributed by atoms with Gasteiger partial charge in [0.25, 0.3) is 5.91 Å². The van der Waals surface area contributed by atoms with Gasteiger partial charge in [0.15, 0.2) is 6.61 Å². The van der Waals surface area contributed by atoms with Gasteiger partial charge in [-0.25, -0.2) is 0 Å². The molecule has 0 spiro atoms. The number of nitrogens with zero attached hydrogens (tertiary/aromatic N) is 1. The van der Waals surface area contributed by atoms with Gasteiger partial charge < -0.3 is 15.0 Å². The van der Waals surface area contributed by atoms with Gasteiger partial charge in [-0.05, 0) is 24.3 Å². The molecule has 0 aromatic heterocycles. The van der Waals surface area contributed by atoms with Gasteiger partial charge in [-0.3, -0.25) is 4.79 Å². The zero-order chi connectivity index (χ0) is 13.0. The fourth-order valence-electron chi connectivity index (χ4n) is 1.91. The van der Waals surface area contributed by atoms with Crippen LogP contribution in [0.1, 0.15) is 6.92 Å². The second-order valence-electron chi connectivity index (χ2n) is 4.27. The molecule has 1 heterocycles. The topological polar surface area (TPSA) is 41.6 Å². The molecule has 2 rings (SSSR count). The fourth-order valence-corrected chi connectivity index (χ4v) is 1.91. The smallest absolute Gasteiger partial charge is 0.265 e. The summed E-state index contributed by atoms with van der Waals surface area (Å²) in [5, 5.41) is 3.21. The first kappa shape index (κ1) is 12.6. The number of hydrogen-bond acceptors (Lipinski definition) is 3. The zero-order valence-electron chi connectivity index (χ0n) is 10.6. The van der Waals surface area contributed by atoms with Gasteiger partial charge in [-0.1, -0.05) is 25.6 Å². The van der Waals surface area contributed by atoms with Crippen LogP contribution in [-0.4, -0.2) is 32.1 Å². The fraction of sp³-hybridized carbons (Fsp3) is 0.357. The Morgan fingerprint density at radius 2 is 2.28 bits per heavy atom. The number of anilines is 1. The van der Waals surface area contributed by atoms with Crippen LogP contribution in [0.4, 0.5) is 5.69 Å². The second-order valence-corrected chi connectivity index (χ2v) is 4.27. The van der Waals surface area contributed by atoms with Gasteiger partial charge in [0.1, 0.15) is 5.75 Å². The maximum absolute atomic E-state index is 11.9. The number of ether oxygens (including phenoxy) is 1. The molecular weight excluding hydrogens is 228 g/mol. The number of carbonyl (C=O) groups is 1. The number of likely N-dealkylation sites (N-methyl/N-ethyl adjacent to an activating group) is 1. The van der Waals surface area contributed by atoms with E-state index in [9.17, 15) is 4.79 Å². The predicted molar refractivity (Wildman–Crippen MR) is 72.0 cm³/mol. The van der Waals surface area contributed by atoms with E-state index in [0.717, 1.165) is 30.1 Å². The number of hydrogen-bond donors (Lipinski definition) is 1. The average molecular weight is 246 g/mol. The Morgan fingerprint density at radius 3 is 3.06 bits per heavy atom. The van der Waals surface area contributed by atoms with Crippen molar-refractivity contribution in [1.29, 1.82) is 0 Å². The van der Waals surface area contributed by atoms with E-state index in [1.165, 1.54) is 0 Å². The lowest BCUT2D eigenvalue weighted by molar-refractivity contribution is -0.121. The number of rotatable bonds is 5. The minimum absolute atomic E-state index is 0.0219. The number of benzene rings is 1. The molecule has 0 aliphatic carbocycles. The SMILES string of the molecule is C=C(CNCC)CN1C(=O)COc2ccccc21. The standard InChI is InChI=1S/C14H18N2O2/c1-3-15-8-11(2)9-16-12-6-4-5-7-13(12)18-10-14(16)17/h4-7,15H,2-3,8-10H2,1H3. The third kappa shape index (κ3) is 2.71. The summed E-state index contributed by atoms with van der Waals surface area (Å²) in [6, 6.07) is 7.58. The lowest BCUT2D eigenvalue weighted by Gasteiger charge is -2.29. The highest BCUT2D eigenvalue weighted by atomic mass is 16.5. The summed E-state index contributed by atoms with van der Waals surface area (Å²) >= 11 is 0. The minimum atomic E-state index is -0.0219. The normalized spacial score (nSPS) is 14.1. The Kier molecular flexibility index (Phi) is 3.99. The Balaban J connectivity index is 2.12. The van der Waals surface area contributed by atoms with Crippen LogP contribution in [-0.2, 0) is 4.79 Å². The highest BCUT2D eigenvalue weighted by molar-refractivity contribution is 5.98. The molecule has 1 amide bonds. The number of fused-ring (bicyclic) bond motifs is 1. The third-order valence-electron chi connectivity index (χ3n) is 2.81. The summed E-state index contributed by atoms with van der Waals surface area (Å²) < 4.78 is 5.39. The molecule has 0 bridgehead atoms. The van der Waals surface area contributed by atoms with Crippen LogP contribution < -0.4 is 15.0 Å². The van der Waals surface area contributed by atoms with E-state index >= 15 is 0 Å². The van der Waals surface area contributed by atoms with Crippen molar-refractivity contribution < 1.29 is 9.53 Å². The summed E-state index contributed by atoms with van der Waals surface area (Å²) in [7, 11) is 0. The molecule has 0 saturated carbocycles. The first-order valence-electron chi connectivity index (χ1n) is 6.12. The Hall–Kier alpha value is -1.81. The maximum atomic E-state index is 11.9. The van der Waals surface area contributed by atoms with Gasteiger partial charge in [0.05, 0.1) is 5.69 Å². The lowest BCUT2D eigenvalue weighted by Crippen LogP contribution is -2.40. The molecule has 0 atom stereocenters. The van der Waals surface area contributed by atoms with E-state index in [1.54, 1.807) is 4.90 Å². The predicted octanol–water partition coefficient (Wildman–Crippen LogP) is 1.58. The molecule has 1 aromatic rings. The summed E-state index contributed by atoms with van der Waals surface area (Å²) in [5.74, 6) is 0.736. The monoisotopic (exact) mass is 246 g/mol. The van der Waals surface area contributed by atoms with Crippen molar-refractivity contribution in [3.8, 4) is 5.75 Å². The van der Waals surface area contributed by atoms with E-state index in [2.05, 4.69) is 11.9 Å². The van der Waals surface area contributed by atoms with Crippen molar-refractivity contribution in [3.63, 3.8) is 0 Å². The Bertz CT molecular complexity index is 457. The minimum Gasteiger partial charge on any atom is -0.482 e. The highest BCUT2D eigenvalue weighted by Crippen LogP contribution is 2.31. The van der Waals surface area contributed by atoms with Crippen LogP contribution in [0.25, 0.3) is 0 Å². The largest absolute Gasteiger partial charge is 0.482 e. The van der Waals surface area contributed by atoms with Crippen molar-refractivity contribution in [2.24, 2.45) is 0 Å². The first-order valence-corrected chi connectivity index (χ1v) is 6.12. The summed E-state index contributed by atoms with van der Waals surface area (Å²) in [5.41, 5.74) is 1.81. The summed E-state index contributed by atoms with van der Waals surface area (Å²) in [4.78, 5) is 13.6. The van der Waals surface area contributed by atoms with E-state index < -0.39 is 0 Å². The molecule has 1 aliphatic heterocycles. The van der Waals surface area contributed by atoms with Crippen LogP contribution in [0, 0.1) is 0 Å². The lowest BCUT2D eigenvalue weighted by atomic mass is 10.2. The van der Waals surface area contributed by atoms with Gasteiger partial charge in [-0.15, -0.1) is 0 Å². The zero-order valence-corrected chi connectivity index (χ0v) is 10.6. The van der Waals surface area contributed by atoms with E-state index in [1.807, 2.05) is 31.2 Å².